The Labute approximate surface area is 151 Å². The standard InChI is InChI=1S/C20H22O6/c1-10(2)5-8-16(26-20(25)11(3)4)12-9-15(23)17-13(21)6-7-14(22)18(17)19(12)24/h5-7,9,11,16,23-24H,8H2,1-4H3. The summed E-state index contributed by atoms with van der Waals surface area (Å²) in [5, 5.41) is 20.8. The molecular formula is C20H22O6. The van der Waals surface area contributed by atoms with Gasteiger partial charge in [-0.3, -0.25) is 14.4 Å². The maximum absolute atomic E-state index is 12.1. The van der Waals surface area contributed by atoms with Crippen LogP contribution < -0.4 is 0 Å². The molecule has 0 radical (unpaired) electrons. The number of allylic oxidation sites excluding steroid dienone is 3. The van der Waals surface area contributed by atoms with Gasteiger partial charge in [-0.05, 0) is 32.1 Å². The van der Waals surface area contributed by atoms with Crippen LogP contribution in [0.2, 0.25) is 0 Å². The number of carbonyl (C=O) groups is 3. The lowest BCUT2D eigenvalue weighted by molar-refractivity contribution is -0.153. The Kier molecular flexibility index (Phi) is 5.65. The first-order valence-electron chi connectivity index (χ1n) is 8.32. The fourth-order valence-corrected chi connectivity index (χ4v) is 2.59. The van der Waals surface area contributed by atoms with Crippen molar-refractivity contribution in [3.8, 4) is 11.5 Å². The molecule has 1 aliphatic rings. The van der Waals surface area contributed by atoms with E-state index in [9.17, 15) is 24.6 Å². The predicted octanol–water partition coefficient (Wildman–Crippen LogP) is 3.63. The minimum Gasteiger partial charge on any atom is -0.507 e. The number of hydrogen-bond acceptors (Lipinski definition) is 6. The number of rotatable bonds is 5. The van der Waals surface area contributed by atoms with Crippen molar-refractivity contribution in [2.45, 2.75) is 40.2 Å². The molecule has 1 aromatic carbocycles. The second kappa shape index (κ2) is 7.56. The van der Waals surface area contributed by atoms with Crippen molar-refractivity contribution in [1.82, 2.24) is 0 Å². The van der Waals surface area contributed by atoms with Gasteiger partial charge in [-0.15, -0.1) is 0 Å². The number of benzene rings is 1. The van der Waals surface area contributed by atoms with Crippen LogP contribution in [0, 0.1) is 5.92 Å². The Morgan fingerprint density at radius 1 is 1.12 bits per heavy atom. The van der Waals surface area contributed by atoms with Crippen LogP contribution in [-0.2, 0) is 9.53 Å². The lowest BCUT2D eigenvalue weighted by Crippen LogP contribution is -2.18. The average Bonchev–Trinajstić information content (AvgIpc) is 2.56. The van der Waals surface area contributed by atoms with Crippen LogP contribution in [0.3, 0.4) is 0 Å². The van der Waals surface area contributed by atoms with E-state index in [-0.39, 0.29) is 29.0 Å². The van der Waals surface area contributed by atoms with Crippen molar-refractivity contribution in [3.05, 3.63) is 46.6 Å². The van der Waals surface area contributed by atoms with Crippen LogP contribution in [0.1, 0.15) is 66.5 Å². The average molecular weight is 358 g/mol. The summed E-state index contributed by atoms with van der Waals surface area (Å²) in [7, 11) is 0. The van der Waals surface area contributed by atoms with Crippen molar-refractivity contribution in [2.24, 2.45) is 5.92 Å². The normalized spacial score (nSPS) is 14.2. The van der Waals surface area contributed by atoms with E-state index in [1.165, 1.54) is 6.07 Å². The Hall–Kier alpha value is -2.89. The first kappa shape index (κ1) is 19.4. The molecule has 0 fully saturated rings. The molecule has 0 aromatic heterocycles. The van der Waals surface area contributed by atoms with Crippen molar-refractivity contribution in [3.63, 3.8) is 0 Å². The number of carbonyl (C=O) groups excluding carboxylic acids is 3. The molecule has 0 heterocycles. The molecule has 0 aliphatic heterocycles. The van der Waals surface area contributed by atoms with E-state index in [4.69, 9.17) is 4.74 Å². The number of phenols is 2. The van der Waals surface area contributed by atoms with Crippen LogP contribution in [0.5, 0.6) is 11.5 Å². The molecule has 138 valence electrons. The number of ketones is 2. The zero-order valence-corrected chi connectivity index (χ0v) is 15.2. The Morgan fingerprint density at radius 2 is 1.69 bits per heavy atom. The first-order valence-corrected chi connectivity index (χ1v) is 8.32. The molecule has 0 bridgehead atoms. The molecule has 0 saturated heterocycles. The lowest BCUT2D eigenvalue weighted by Gasteiger charge is -2.22. The van der Waals surface area contributed by atoms with E-state index in [1.807, 2.05) is 19.9 Å². The highest BCUT2D eigenvalue weighted by atomic mass is 16.5. The smallest absolute Gasteiger partial charge is 0.308 e. The summed E-state index contributed by atoms with van der Waals surface area (Å²) in [6.45, 7) is 7.10. The summed E-state index contributed by atoms with van der Waals surface area (Å²) in [6.07, 6.45) is 3.26. The van der Waals surface area contributed by atoms with Crippen LogP contribution in [0.15, 0.2) is 29.9 Å². The molecule has 0 saturated carbocycles. The Morgan fingerprint density at radius 3 is 2.23 bits per heavy atom. The number of esters is 1. The van der Waals surface area contributed by atoms with Crippen molar-refractivity contribution < 1.29 is 29.3 Å². The minimum atomic E-state index is -0.898. The van der Waals surface area contributed by atoms with Gasteiger partial charge in [0.15, 0.2) is 11.6 Å². The molecule has 1 aliphatic carbocycles. The number of hydrogen-bond donors (Lipinski definition) is 2. The summed E-state index contributed by atoms with van der Waals surface area (Å²) in [5.41, 5.74) is 0.556. The van der Waals surface area contributed by atoms with Gasteiger partial charge < -0.3 is 14.9 Å². The summed E-state index contributed by atoms with van der Waals surface area (Å²) >= 11 is 0. The van der Waals surface area contributed by atoms with Gasteiger partial charge in [0, 0.05) is 12.0 Å². The fourth-order valence-electron chi connectivity index (χ4n) is 2.59. The van der Waals surface area contributed by atoms with Gasteiger partial charge in [-0.25, -0.2) is 0 Å². The SMILES string of the molecule is CC(C)=CCC(OC(=O)C(C)C)c1cc(O)c2c(c1O)C(=O)C=CC2=O. The van der Waals surface area contributed by atoms with Gasteiger partial charge in [0.05, 0.1) is 17.0 Å². The largest absolute Gasteiger partial charge is 0.507 e. The zero-order valence-electron chi connectivity index (χ0n) is 15.2. The maximum atomic E-state index is 12.1. The molecule has 6 nitrogen and oxygen atoms in total. The van der Waals surface area contributed by atoms with Crippen molar-refractivity contribution in [2.75, 3.05) is 0 Å². The van der Waals surface area contributed by atoms with Gasteiger partial charge >= 0.3 is 5.97 Å². The van der Waals surface area contributed by atoms with E-state index in [2.05, 4.69) is 0 Å². The van der Waals surface area contributed by atoms with Gasteiger partial charge in [0.2, 0.25) is 0 Å². The fraction of sp³-hybridized carbons (Fsp3) is 0.350. The second-order valence-corrected chi connectivity index (χ2v) is 6.74. The topological polar surface area (TPSA) is 101 Å². The molecule has 0 spiro atoms. The maximum Gasteiger partial charge on any atom is 0.308 e. The highest BCUT2D eigenvalue weighted by molar-refractivity contribution is 6.24. The number of ether oxygens (including phenoxy) is 1. The third-order valence-electron chi connectivity index (χ3n) is 4.00. The van der Waals surface area contributed by atoms with E-state index in [0.29, 0.717) is 0 Å². The molecule has 6 heteroatoms. The van der Waals surface area contributed by atoms with E-state index in [0.717, 1.165) is 17.7 Å². The summed E-state index contributed by atoms with van der Waals surface area (Å²) in [6, 6.07) is 1.18. The molecule has 2 rings (SSSR count). The van der Waals surface area contributed by atoms with Crippen LogP contribution in [0.4, 0.5) is 0 Å². The molecule has 2 N–H and O–H groups in total. The Balaban J connectivity index is 2.58. The van der Waals surface area contributed by atoms with Crippen LogP contribution >= 0.6 is 0 Å². The molecule has 1 unspecified atom stereocenters. The zero-order chi connectivity index (χ0) is 19.6. The number of aromatic hydroxyl groups is 2. The van der Waals surface area contributed by atoms with Crippen molar-refractivity contribution >= 4 is 17.5 Å². The Bertz CT molecular complexity index is 825. The predicted molar refractivity (Wildman–Crippen MR) is 95.3 cm³/mol. The summed E-state index contributed by atoms with van der Waals surface area (Å²) in [5.74, 6) is -2.91. The molecule has 0 amide bonds. The molecule has 26 heavy (non-hydrogen) atoms. The second-order valence-electron chi connectivity index (χ2n) is 6.74. The highest BCUT2D eigenvalue weighted by Crippen LogP contribution is 2.41. The first-order chi connectivity index (χ1) is 12.1. The quantitative estimate of drug-likeness (QED) is 0.473. The highest BCUT2D eigenvalue weighted by Gasteiger charge is 2.31. The van der Waals surface area contributed by atoms with Gasteiger partial charge in [-0.2, -0.15) is 0 Å². The van der Waals surface area contributed by atoms with Gasteiger partial charge in [0.1, 0.15) is 17.6 Å². The lowest BCUT2D eigenvalue weighted by atomic mass is 9.89. The molecule has 1 aromatic rings. The van der Waals surface area contributed by atoms with Gasteiger partial charge in [-0.1, -0.05) is 25.5 Å². The van der Waals surface area contributed by atoms with E-state index >= 15 is 0 Å². The summed E-state index contributed by atoms with van der Waals surface area (Å²) in [4.78, 5) is 36.2. The minimum absolute atomic E-state index is 0.0872. The third kappa shape index (κ3) is 3.85. The summed E-state index contributed by atoms with van der Waals surface area (Å²) < 4.78 is 5.47. The third-order valence-corrected chi connectivity index (χ3v) is 4.00. The van der Waals surface area contributed by atoms with Crippen LogP contribution in [0.25, 0.3) is 0 Å². The number of fused-ring (bicyclic) bond motifs is 1. The van der Waals surface area contributed by atoms with Crippen LogP contribution in [-0.4, -0.2) is 27.7 Å². The van der Waals surface area contributed by atoms with Crippen molar-refractivity contribution in [1.29, 1.82) is 0 Å². The van der Waals surface area contributed by atoms with E-state index in [1.54, 1.807) is 13.8 Å². The molecular weight excluding hydrogens is 336 g/mol. The molecule has 1 atom stereocenters. The monoisotopic (exact) mass is 358 g/mol. The number of phenolic OH excluding ortho intramolecular Hbond substituents is 2. The van der Waals surface area contributed by atoms with E-state index < -0.39 is 35.1 Å². The van der Waals surface area contributed by atoms with Gasteiger partial charge in [0.25, 0.3) is 0 Å².